The molecule has 4 nitrogen and oxygen atoms in total. The van der Waals surface area contributed by atoms with Gasteiger partial charge in [-0.25, -0.2) is 5.01 Å². The third kappa shape index (κ3) is 2.35. The van der Waals surface area contributed by atoms with Crippen LogP contribution in [0, 0.1) is 11.3 Å². The summed E-state index contributed by atoms with van der Waals surface area (Å²) >= 11 is 0. The Morgan fingerprint density at radius 1 is 1.57 bits per heavy atom. The fraction of sp³-hybridized carbons (Fsp3) is 0.714. The highest BCUT2D eigenvalue weighted by Gasteiger charge is 2.41. The molecule has 0 aromatic heterocycles. The van der Waals surface area contributed by atoms with Gasteiger partial charge in [-0.3, -0.25) is 10.2 Å². The van der Waals surface area contributed by atoms with Crippen molar-refractivity contribution in [2.45, 2.75) is 25.1 Å². The normalized spacial score (nSPS) is 23.1. The smallest absolute Gasteiger partial charge is 0.280 e. The van der Waals surface area contributed by atoms with Gasteiger partial charge in [-0.15, -0.1) is 0 Å². The van der Waals surface area contributed by atoms with Gasteiger partial charge in [-0.2, -0.15) is 18.4 Å². The van der Waals surface area contributed by atoms with Crippen molar-refractivity contribution in [3.8, 4) is 6.07 Å². The van der Waals surface area contributed by atoms with Crippen molar-refractivity contribution >= 4 is 5.91 Å². The van der Waals surface area contributed by atoms with Gasteiger partial charge in [0, 0.05) is 6.54 Å². The van der Waals surface area contributed by atoms with E-state index >= 15 is 0 Å². The number of hydrogen-bond acceptors (Lipinski definition) is 3. The summed E-state index contributed by atoms with van der Waals surface area (Å²) in [7, 11) is 0. The first kappa shape index (κ1) is 10.8. The Hall–Kier alpha value is -1.29. The first-order valence-electron chi connectivity index (χ1n) is 3.99. The van der Waals surface area contributed by atoms with E-state index in [0.29, 0.717) is 12.8 Å². The number of amides is 1. The Labute approximate surface area is 78.3 Å². The summed E-state index contributed by atoms with van der Waals surface area (Å²) < 4.78 is 35.4. The summed E-state index contributed by atoms with van der Waals surface area (Å²) in [5, 5.41) is 9.55. The molecule has 0 bridgehead atoms. The lowest BCUT2D eigenvalue weighted by atomic mass is 10.2. The van der Waals surface area contributed by atoms with E-state index in [9.17, 15) is 18.0 Å². The molecule has 0 aromatic rings. The standard InChI is InChI=1S/C7H8F3N3O/c8-7(9,10)6(14)12-13-3-1-2-5(13)4-11/h5H,1-3H2,(H,12,14)/t5-/m0/s1. The fourth-order valence-electron chi connectivity index (χ4n) is 1.23. The summed E-state index contributed by atoms with van der Waals surface area (Å²) in [5.41, 5.74) is 1.67. The predicted molar refractivity (Wildman–Crippen MR) is 39.5 cm³/mol. The van der Waals surface area contributed by atoms with Crippen molar-refractivity contribution in [2.75, 3.05) is 6.54 Å². The molecule has 0 spiro atoms. The predicted octanol–water partition coefficient (Wildman–Crippen LogP) is 0.568. The molecule has 0 radical (unpaired) electrons. The minimum absolute atomic E-state index is 0.278. The molecule has 1 atom stereocenters. The minimum atomic E-state index is -4.90. The number of rotatable bonds is 1. The van der Waals surface area contributed by atoms with Gasteiger partial charge in [-0.05, 0) is 12.8 Å². The van der Waals surface area contributed by atoms with Crippen molar-refractivity contribution in [3.05, 3.63) is 0 Å². The topological polar surface area (TPSA) is 56.1 Å². The summed E-state index contributed by atoms with van der Waals surface area (Å²) in [6.07, 6.45) is -3.81. The van der Waals surface area contributed by atoms with Gasteiger partial charge in [0.25, 0.3) is 0 Å². The summed E-state index contributed by atoms with van der Waals surface area (Å²) in [6.45, 7) is 0.278. The van der Waals surface area contributed by atoms with E-state index in [0.717, 1.165) is 5.01 Å². The third-order valence-corrected chi connectivity index (χ3v) is 1.90. The molecule has 1 fully saturated rings. The van der Waals surface area contributed by atoms with Crippen LogP contribution >= 0.6 is 0 Å². The zero-order valence-corrected chi connectivity index (χ0v) is 7.14. The lowest BCUT2D eigenvalue weighted by Crippen LogP contribution is -2.49. The number of halogens is 3. The molecule has 1 aliphatic rings. The summed E-state index contributed by atoms with van der Waals surface area (Å²) in [4.78, 5) is 10.5. The Balaban J connectivity index is 2.53. The van der Waals surface area contributed by atoms with E-state index in [-0.39, 0.29) is 6.54 Å². The van der Waals surface area contributed by atoms with Crippen molar-refractivity contribution in [1.82, 2.24) is 10.4 Å². The number of carbonyl (C=O) groups is 1. The average molecular weight is 207 g/mol. The van der Waals surface area contributed by atoms with Crippen LogP contribution in [0.5, 0.6) is 0 Å². The van der Waals surface area contributed by atoms with Crippen LogP contribution in [0.1, 0.15) is 12.8 Å². The maximum Gasteiger partial charge on any atom is 0.472 e. The van der Waals surface area contributed by atoms with E-state index in [1.54, 1.807) is 5.43 Å². The first-order valence-corrected chi connectivity index (χ1v) is 3.99. The van der Waals surface area contributed by atoms with E-state index in [1.165, 1.54) is 0 Å². The van der Waals surface area contributed by atoms with Crippen LogP contribution in [0.4, 0.5) is 13.2 Å². The van der Waals surface area contributed by atoms with Gasteiger partial charge >= 0.3 is 12.1 Å². The molecule has 0 aliphatic carbocycles. The number of alkyl halides is 3. The highest BCUT2D eigenvalue weighted by atomic mass is 19.4. The SMILES string of the molecule is N#C[C@@H]1CCCN1NC(=O)C(F)(F)F. The molecule has 1 aliphatic heterocycles. The van der Waals surface area contributed by atoms with E-state index < -0.39 is 18.1 Å². The molecule has 1 N–H and O–H groups in total. The second-order valence-electron chi connectivity index (χ2n) is 2.92. The number of nitriles is 1. The molecular weight excluding hydrogens is 199 g/mol. The van der Waals surface area contributed by atoms with Crippen molar-refractivity contribution in [1.29, 1.82) is 5.26 Å². The zero-order valence-electron chi connectivity index (χ0n) is 7.14. The number of nitrogens with zero attached hydrogens (tertiary/aromatic N) is 2. The quantitative estimate of drug-likeness (QED) is 0.683. The van der Waals surface area contributed by atoms with Crippen LogP contribution in [0.3, 0.4) is 0 Å². The second kappa shape index (κ2) is 3.84. The molecule has 1 rings (SSSR count). The van der Waals surface area contributed by atoms with Gasteiger partial charge in [-0.1, -0.05) is 0 Å². The van der Waals surface area contributed by atoms with E-state index in [1.807, 2.05) is 6.07 Å². The molecule has 1 saturated heterocycles. The Morgan fingerprint density at radius 3 is 2.71 bits per heavy atom. The molecule has 0 saturated carbocycles. The lowest BCUT2D eigenvalue weighted by molar-refractivity contribution is -0.178. The second-order valence-corrected chi connectivity index (χ2v) is 2.92. The average Bonchev–Trinajstić information content (AvgIpc) is 2.50. The largest absolute Gasteiger partial charge is 0.472 e. The van der Waals surface area contributed by atoms with Crippen LogP contribution in [0.15, 0.2) is 0 Å². The van der Waals surface area contributed by atoms with Crippen LogP contribution in [-0.2, 0) is 4.79 Å². The van der Waals surface area contributed by atoms with Crippen LogP contribution in [0.2, 0.25) is 0 Å². The van der Waals surface area contributed by atoms with Gasteiger partial charge in [0.05, 0.1) is 6.07 Å². The van der Waals surface area contributed by atoms with Gasteiger partial charge < -0.3 is 0 Å². The fourth-order valence-corrected chi connectivity index (χ4v) is 1.23. The Bertz CT molecular complexity index is 270. The molecule has 0 aromatic carbocycles. The lowest BCUT2D eigenvalue weighted by Gasteiger charge is -2.20. The molecule has 14 heavy (non-hydrogen) atoms. The number of hydrogen-bond donors (Lipinski definition) is 1. The third-order valence-electron chi connectivity index (χ3n) is 1.90. The number of nitrogens with one attached hydrogen (secondary N) is 1. The minimum Gasteiger partial charge on any atom is -0.280 e. The number of carbonyl (C=O) groups excluding carboxylic acids is 1. The van der Waals surface area contributed by atoms with Crippen molar-refractivity contribution in [2.24, 2.45) is 0 Å². The molecule has 1 amide bonds. The van der Waals surface area contributed by atoms with Crippen LogP contribution in [-0.4, -0.2) is 29.7 Å². The molecule has 78 valence electrons. The molecule has 0 unspecified atom stereocenters. The van der Waals surface area contributed by atoms with Crippen molar-refractivity contribution in [3.63, 3.8) is 0 Å². The zero-order chi connectivity index (χ0) is 10.8. The summed E-state index contributed by atoms with van der Waals surface area (Å²) in [5.74, 6) is -2.03. The van der Waals surface area contributed by atoms with Gasteiger partial charge in [0.2, 0.25) is 0 Å². The Kier molecular flexibility index (Phi) is 2.96. The number of hydrazine groups is 1. The molecule has 7 heteroatoms. The van der Waals surface area contributed by atoms with Gasteiger partial charge in [0.15, 0.2) is 0 Å². The highest BCUT2D eigenvalue weighted by molar-refractivity contribution is 5.81. The summed E-state index contributed by atoms with van der Waals surface area (Å²) in [6, 6.07) is 1.16. The molecule has 1 heterocycles. The van der Waals surface area contributed by atoms with Crippen molar-refractivity contribution < 1.29 is 18.0 Å². The first-order chi connectivity index (χ1) is 6.45. The van der Waals surface area contributed by atoms with Gasteiger partial charge in [0.1, 0.15) is 6.04 Å². The molecular formula is C7H8F3N3O. The maximum absolute atomic E-state index is 11.8. The van der Waals surface area contributed by atoms with Crippen LogP contribution in [0.25, 0.3) is 0 Å². The maximum atomic E-state index is 11.8. The van der Waals surface area contributed by atoms with Crippen LogP contribution < -0.4 is 5.43 Å². The monoisotopic (exact) mass is 207 g/mol. The van der Waals surface area contributed by atoms with E-state index in [4.69, 9.17) is 5.26 Å². The Morgan fingerprint density at radius 2 is 2.21 bits per heavy atom. The highest BCUT2D eigenvalue weighted by Crippen LogP contribution is 2.18. The van der Waals surface area contributed by atoms with E-state index in [2.05, 4.69) is 0 Å².